The summed E-state index contributed by atoms with van der Waals surface area (Å²) in [6.45, 7) is 5.92. The quantitative estimate of drug-likeness (QED) is 0.716. The average molecular weight is 240 g/mol. The number of rotatable bonds is 6. The number of hydrogen-bond acceptors (Lipinski definition) is 3. The highest BCUT2D eigenvalue weighted by atomic mass is 16.5. The maximum atomic E-state index is 9.37. The Morgan fingerprint density at radius 1 is 1.33 bits per heavy atom. The molecule has 1 aromatic carbocycles. The predicted octanol–water partition coefficient (Wildman–Crippen LogP) is 3.37. The molecule has 0 aliphatic rings. The van der Waals surface area contributed by atoms with Crippen molar-refractivity contribution in [1.82, 2.24) is 0 Å². The summed E-state index contributed by atoms with van der Waals surface area (Å²) in [4.78, 5) is 0. The molecule has 1 unspecified atom stereocenters. The SMILES string of the molecule is C=CCC(C#N)(C#N)C(OCC)c1ccccc1. The van der Waals surface area contributed by atoms with Gasteiger partial charge in [0.2, 0.25) is 0 Å². The van der Waals surface area contributed by atoms with Crippen LogP contribution in [0, 0.1) is 28.1 Å². The molecule has 1 atom stereocenters. The summed E-state index contributed by atoms with van der Waals surface area (Å²) in [5.74, 6) is 0. The lowest BCUT2D eigenvalue weighted by Crippen LogP contribution is -2.27. The van der Waals surface area contributed by atoms with Crippen LogP contribution in [0.4, 0.5) is 0 Å². The fourth-order valence-corrected chi connectivity index (χ4v) is 1.89. The number of allylic oxidation sites excluding steroid dienone is 1. The van der Waals surface area contributed by atoms with E-state index in [1.807, 2.05) is 37.3 Å². The van der Waals surface area contributed by atoms with Gasteiger partial charge in [-0.3, -0.25) is 0 Å². The average Bonchev–Trinajstić information content (AvgIpc) is 2.44. The first-order valence-electron chi connectivity index (χ1n) is 5.84. The molecule has 0 aromatic heterocycles. The maximum absolute atomic E-state index is 9.37. The topological polar surface area (TPSA) is 56.8 Å². The number of nitriles is 2. The van der Waals surface area contributed by atoms with E-state index in [0.717, 1.165) is 5.56 Å². The molecular formula is C15H16N2O. The molecular weight excluding hydrogens is 224 g/mol. The van der Waals surface area contributed by atoms with Crippen LogP contribution in [-0.2, 0) is 4.74 Å². The van der Waals surface area contributed by atoms with Crippen LogP contribution >= 0.6 is 0 Å². The van der Waals surface area contributed by atoms with E-state index >= 15 is 0 Å². The molecule has 0 aliphatic heterocycles. The fraction of sp³-hybridized carbons (Fsp3) is 0.333. The Kier molecular flexibility index (Phi) is 5.11. The van der Waals surface area contributed by atoms with Gasteiger partial charge in [0.05, 0.1) is 12.1 Å². The lowest BCUT2D eigenvalue weighted by molar-refractivity contribution is 0.0112. The highest BCUT2D eigenvalue weighted by molar-refractivity contribution is 5.29. The monoisotopic (exact) mass is 240 g/mol. The summed E-state index contributed by atoms with van der Waals surface area (Å²) in [6.07, 6.45) is 1.30. The van der Waals surface area contributed by atoms with Crippen molar-refractivity contribution in [2.24, 2.45) is 5.41 Å². The van der Waals surface area contributed by atoms with Gasteiger partial charge in [-0.1, -0.05) is 36.4 Å². The van der Waals surface area contributed by atoms with Gasteiger partial charge < -0.3 is 4.74 Å². The van der Waals surface area contributed by atoms with E-state index in [0.29, 0.717) is 6.61 Å². The number of benzene rings is 1. The number of hydrogen-bond donors (Lipinski definition) is 0. The fourth-order valence-electron chi connectivity index (χ4n) is 1.89. The van der Waals surface area contributed by atoms with Gasteiger partial charge in [0.25, 0.3) is 0 Å². The third-order valence-corrected chi connectivity index (χ3v) is 2.75. The van der Waals surface area contributed by atoms with Crippen LogP contribution in [0.3, 0.4) is 0 Å². The zero-order valence-corrected chi connectivity index (χ0v) is 10.5. The lowest BCUT2D eigenvalue weighted by atomic mass is 9.78. The normalized spacial score (nSPS) is 12.2. The summed E-state index contributed by atoms with van der Waals surface area (Å²) in [7, 11) is 0. The molecule has 92 valence electrons. The van der Waals surface area contributed by atoms with E-state index in [4.69, 9.17) is 4.74 Å². The van der Waals surface area contributed by atoms with Crippen molar-refractivity contribution < 1.29 is 4.74 Å². The van der Waals surface area contributed by atoms with Gasteiger partial charge in [-0.05, 0) is 18.9 Å². The molecule has 0 heterocycles. The Hall–Kier alpha value is -2.10. The van der Waals surface area contributed by atoms with Crippen molar-refractivity contribution in [3.05, 3.63) is 48.6 Å². The van der Waals surface area contributed by atoms with Gasteiger partial charge in [-0.2, -0.15) is 10.5 Å². The minimum absolute atomic E-state index is 0.277. The molecule has 1 aromatic rings. The van der Waals surface area contributed by atoms with Crippen molar-refractivity contribution in [1.29, 1.82) is 10.5 Å². The van der Waals surface area contributed by atoms with Crippen LogP contribution in [0.15, 0.2) is 43.0 Å². The summed E-state index contributed by atoms with van der Waals surface area (Å²) in [6, 6.07) is 13.5. The van der Waals surface area contributed by atoms with Gasteiger partial charge in [0.1, 0.15) is 6.10 Å². The van der Waals surface area contributed by atoms with Crippen LogP contribution in [0.2, 0.25) is 0 Å². The van der Waals surface area contributed by atoms with Crippen LogP contribution < -0.4 is 0 Å². The molecule has 3 nitrogen and oxygen atoms in total. The highest BCUT2D eigenvalue weighted by Crippen LogP contribution is 2.39. The van der Waals surface area contributed by atoms with Gasteiger partial charge in [0.15, 0.2) is 5.41 Å². The maximum Gasteiger partial charge on any atom is 0.177 e. The van der Waals surface area contributed by atoms with Crippen molar-refractivity contribution in [2.45, 2.75) is 19.4 Å². The van der Waals surface area contributed by atoms with Gasteiger partial charge in [-0.25, -0.2) is 0 Å². The van der Waals surface area contributed by atoms with Crippen LogP contribution in [-0.4, -0.2) is 6.61 Å². The van der Waals surface area contributed by atoms with Gasteiger partial charge in [0, 0.05) is 6.61 Å². The Labute approximate surface area is 108 Å². The van der Waals surface area contributed by atoms with E-state index in [-0.39, 0.29) is 6.42 Å². The van der Waals surface area contributed by atoms with E-state index in [9.17, 15) is 10.5 Å². The third kappa shape index (κ3) is 2.77. The first kappa shape index (κ1) is 14.0. The summed E-state index contributed by atoms with van der Waals surface area (Å²) in [5, 5.41) is 18.7. The predicted molar refractivity (Wildman–Crippen MR) is 69.3 cm³/mol. The van der Waals surface area contributed by atoms with Gasteiger partial charge in [-0.15, -0.1) is 6.58 Å². The second-order valence-corrected chi connectivity index (χ2v) is 3.93. The van der Waals surface area contributed by atoms with Crippen LogP contribution in [0.1, 0.15) is 25.0 Å². The molecule has 0 aliphatic carbocycles. The van der Waals surface area contributed by atoms with E-state index < -0.39 is 11.5 Å². The molecule has 0 fully saturated rings. The van der Waals surface area contributed by atoms with Crippen LogP contribution in [0.5, 0.6) is 0 Å². The summed E-state index contributed by atoms with van der Waals surface area (Å²) >= 11 is 0. The zero-order chi connectivity index (χ0) is 13.4. The Morgan fingerprint density at radius 2 is 1.94 bits per heavy atom. The van der Waals surface area contributed by atoms with Crippen molar-refractivity contribution in [2.75, 3.05) is 6.61 Å². The minimum Gasteiger partial charge on any atom is -0.371 e. The Balaban J connectivity index is 3.23. The van der Waals surface area contributed by atoms with E-state index in [2.05, 4.69) is 18.7 Å². The second kappa shape index (κ2) is 6.59. The van der Waals surface area contributed by atoms with Gasteiger partial charge >= 0.3 is 0 Å². The highest BCUT2D eigenvalue weighted by Gasteiger charge is 2.40. The summed E-state index contributed by atoms with van der Waals surface area (Å²) in [5.41, 5.74) is -0.386. The minimum atomic E-state index is -1.22. The third-order valence-electron chi connectivity index (χ3n) is 2.75. The molecule has 0 radical (unpaired) electrons. The van der Waals surface area contributed by atoms with Crippen molar-refractivity contribution in [3.8, 4) is 12.1 Å². The second-order valence-electron chi connectivity index (χ2n) is 3.93. The molecule has 0 bridgehead atoms. The molecule has 0 saturated carbocycles. The molecule has 18 heavy (non-hydrogen) atoms. The van der Waals surface area contributed by atoms with Crippen LogP contribution in [0.25, 0.3) is 0 Å². The van der Waals surface area contributed by atoms with Crippen molar-refractivity contribution in [3.63, 3.8) is 0 Å². The summed E-state index contributed by atoms with van der Waals surface area (Å²) < 4.78 is 5.64. The van der Waals surface area contributed by atoms with E-state index in [1.54, 1.807) is 6.08 Å². The zero-order valence-electron chi connectivity index (χ0n) is 10.5. The lowest BCUT2D eigenvalue weighted by Gasteiger charge is -2.28. The molecule has 1 rings (SSSR count). The molecule has 0 spiro atoms. The largest absolute Gasteiger partial charge is 0.371 e. The molecule has 0 amide bonds. The number of ether oxygens (including phenoxy) is 1. The standard InChI is InChI=1S/C15H16N2O/c1-3-10-15(11-16,12-17)14(18-4-2)13-8-6-5-7-9-13/h3,5-9,14H,1,4,10H2,2H3. The smallest absolute Gasteiger partial charge is 0.177 e. The first-order chi connectivity index (χ1) is 8.74. The number of nitrogens with zero attached hydrogens (tertiary/aromatic N) is 2. The van der Waals surface area contributed by atoms with E-state index in [1.165, 1.54) is 0 Å². The molecule has 0 N–H and O–H groups in total. The first-order valence-corrected chi connectivity index (χ1v) is 5.84. The molecule has 3 heteroatoms. The van der Waals surface area contributed by atoms with Crippen molar-refractivity contribution >= 4 is 0 Å². The Morgan fingerprint density at radius 3 is 2.39 bits per heavy atom. The molecule has 0 saturated heterocycles. The Bertz CT molecular complexity index is 454.